The predicted molar refractivity (Wildman–Crippen MR) is 141 cm³/mol. The van der Waals surface area contributed by atoms with E-state index in [1.165, 1.54) is 13.1 Å². The summed E-state index contributed by atoms with van der Waals surface area (Å²) in [5.74, 6) is -0.326. The summed E-state index contributed by atoms with van der Waals surface area (Å²) in [7, 11) is 0. The first-order valence-electron chi connectivity index (χ1n) is 10.7. The van der Waals surface area contributed by atoms with Crippen LogP contribution < -0.4 is 10.3 Å². The summed E-state index contributed by atoms with van der Waals surface area (Å²) < 4.78 is 13.6. The second-order valence-electron chi connectivity index (χ2n) is 7.89. The fourth-order valence-electron chi connectivity index (χ4n) is 3.60. The van der Waals surface area contributed by atoms with Crippen molar-refractivity contribution in [2.45, 2.75) is 13.0 Å². The van der Waals surface area contributed by atoms with Gasteiger partial charge in [-0.1, -0.05) is 39.7 Å². The number of hydrogen-bond acceptors (Lipinski definition) is 6. The lowest BCUT2D eigenvalue weighted by molar-refractivity contribution is -0.144. The zero-order valence-corrected chi connectivity index (χ0v) is 21.0. The minimum absolute atomic E-state index is 0.200. The Bertz CT molecular complexity index is 1730. The number of aliphatic carboxylic acids is 1. The number of halogens is 2. The molecule has 1 N–H and O–H groups in total. The number of nitrogens with zero attached hydrogens (tertiary/aromatic N) is 3. The minimum Gasteiger partial charge on any atom is -0.479 e. The Kier molecular flexibility index (Phi) is 6.34. The Morgan fingerprint density at radius 2 is 2.00 bits per heavy atom. The number of hydrogen-bond donors (Lipinski definition) is 1. The minimum atomic E-state index is -1.12. The van der Waals surface area contributed by atoms with E-state index in [9.17, 15) is 14.7 Å². The summed E-state index contributed by atoms with van der Waals surface area (Å²) in [6.45, 7) is 1.41. The number of benzene rings is 3. The summed E-state index contributed by atoms with van der Waals surface area (Å²) in [6.07, 6.45) is 0.268. The molecule has 0 aliphatic heterocycles. The van der Waals surface area contributed by atoms with E-state index >= 15 is 0 Å². The number of rotatable bonds is 6. The first-order valence-corrected chi connectivity index (χ1v) is 11.9. The van der Waals surface area contributed by atoms with Crippen molar-refractivity contribution in [1.82, 2.24) is 9.66 Å². The lowest BCUT2D eigenvalue weighted by Crippen LogP contribution is -2.23. The molecule has 0 unspecified atom stereocenters. The van der Waals surface area contributed by atoms with Gasteiger partial charge in [0.25, 0.3) is 5.56 Å². The third-order valence-corrected chi connectivity index (χ3v) is 6.12. The fraction of sp³-hybridized carbons (Fsp3) is 0.0769. The molecule has 0 spiro atoms. The molecule has 36 heavy (non-hydrogen) atoms. The normalized spacial score (nSPS) is 12.4. The number of carboxylic acid groups (broad SMARTS) is 1. The quantitative estimate of drug-likeness (QED) is 0.254. The van der Waals surface area contributed by atoms with Crippen LogP contribution in [0.1, 0.15) is 12.5 Å². The number of para-hydroxylation sites is 1. The summed E-state index contributed by atoms with van der Waals surface area (Å²) >= 11 is 9.61. The van der Waals surface area contributed by atoms with Gasteiger partial charge in [-0.15, -0.1) is 0 Å². The molecule has 0 saturated carbocycles. The largest absolute Gasteiger partial charge is 0.479 e. The lowest BCUT2D eigenvalue weighted by atomic mass is 10.2. The summed E-state index contributed by atoms with van der Waals surface area (Å²) in [6, 6.07) is 19.0. The van der Waals surface area contributed by atoms with E-state index in [-0.39, 0.29) is 11.6 Å². The highest BCUT2D eigenvalue weighted by atomic mass is 79.9. The molecule has 0 saturated heterocycles. The van der Waals surface area contributed by atoms with E-state index in [4.69, 9.17) is 20.8 Å². The van der Waals surface area contributed by atoms with Crippen molar-refractivity contribution < 1.29 is 19.1 Å². The zero-order valence-electron chi connectivity index (χ0n) is 18.7. The van der Waals surface area contributed by atoms with Gasteiger partial charge in [-0.2, -0.15) is 9.78 Å². The number of fused-ring (bicyclic) bond motifs is 2. The molecule has 0 aliphatic rings. The molecular weight excluding hydrogens is 550 g/mol. The molecule has 8 nitrogen and oxygen atoms in total. The van der Waals surface area contributed by atoms with Crippen molar-refractivity contribution in [2.24, 2.45) is 5.10 Å². The third-order valence-electron chi connectivity index (χ3n) is 5.39. The van der Waals surface area contributed by atoms with Gasteiger partial charge in [0.2, 0.25) is 5.82 Å². The monoisotopic (exact) mass is 565 g/mol. The number of aromatic nitrogens is 2. The average Bonchev–Trinajstić information content (AvgIpc) is 3.27. The molecule has 2 aromatic heterocycles. The highest BCUT2D eigenvalue weighted by molar-refractivity contribution is 9.10. The number of ether oxygens (including phenoxy) is 1. The van der Waals surface area contributed by atoms with Gasteiger partial charge >= 0.3 is 5.97 Å². The summed E-state index contributed by atoms with van der Waals surface area (Å²) in [5.41, 5.74) is 1.10. The Hall–Kier alpha value is -3.95. The van der Waals surface area contributed by atoms with Gasteiger partial charge in [0.15, 0.2) is 11.9 Å². The van der Waals surface area contributed by atoms with E-state index in [2.05, 4.69) is 26.0 Å². The standard InChI is InChI=1S/C26H17BrClN3O5/c1-14(26(33)34)35-22-9-7-18(28)11-16(22)13-29-31-24(30-20-5-3-2-4-19(20)25(31)32)23-12-15-10-17(27)6-8-21(15)36-23/h2-14H,1H3,(H,33,34)/t14-/m0/s1. The van der Waals surface area contributed by atoms with E-state index in [0.29, 0.717) is 32.8 Å². The van der Waals surface area contributed by atoms with Crippen molar-refractivity contribution in [3.05, 3.63) is 92.1 Å². The molecule has 0 amide bonds. The van der Waals surface area contributed by atoms with Crippen LogP contribution in [0.25, 0.3) is 33.5 Å². The first kappa shape index (κ1) is 23.8. The van der Waals surface area contributed by atoms with Crippen molar-refractivity contribution in [1.29, 1.82) is 0 Å². The maximum Gasteiger partial charge on any atom is 0.344 e. The van der Waals surface area contributed by atoms with Crippen LogP contribution in [0, 0.1) is 0 Å². The zero-order chi connectivity index (χ0) is 25.4. The second-order valence-corrected chi connectivity index (χ2v) is 9.24. The van der Waals surface area contributed by atoms with Gasteiger partial charge < -0.3 is 14.3 Å². The van der Waals surface area contributed by atoms with E-state index in [0.717, 1.165) is 14.5 Å². The van der Waals surface area contributed by atoms with Gasteiger partial charge in [-0.3, -0.25) is 4.79 Å². The average molecular weight is 567 g/mol. The van der Waals surface area contributed by atoms with E-state index < -0.39 is 17.6 Å². The predicted octanol–water partition coefficient (Wildman–Crippen LogP) is 5.96. The number of carbonyl (C=O) groups is 1. The Labute approximate surface area is 217 Å². The highest BCUT2D eigenvalue weighted by Gasteiger charge is 2.18. The van der Waals surface area contributed by atoms with Crippen LogP contribution in [0.4, 0.5) is 0 Å². The van der Waals surface area contributed by atoms with Crippen LogP contribution in [0.2, 0.25) is 5.02 Å². The SMILES string of the molecule is C[C@H](Oc1ccc(Cl)cc1C=Nn1c(-c2cc3cc(Br)ccc3o2)nc2ccccc2c1=O)C(=O)O. The molecular formula is C26H17BrClN3O5. The maximum atomic E-state index is 13.5. The highest BCUT2D eigenvalue weighted by Crippen LogP contribution is 2.29. The van der Waals surface area contributed by atoms with E-state index in [1.807, 2.05) is 18.2 Å². The van der Waals surface area contributed by atoms with Gasteiger partial charge in [-0.05, 0) is 61.5 Å². The Morgan fingerprint density at radius 1 is 1.19 bits per heavy atom. The second kappa shape index (κ2) is 9.60. The lowest BCUT2D eigenvalue weighted by Gasteiger charge is -2.13. The molecule has 0 bridgehead atoms. The first-order chi connectivity index (χ1) is 17.3. The van der Waals surface area contributed by atoms with Crippen molar-refractivity contribution in [2.75, 3.05) is 0 Å². The van der Waals surface area contributed by atoms with Gasteiger partial charge in [0.1, 0.15) is 11.3 Å². The third kappa shape index (κ3) is 4.62. The van der Waals surface area contributed by atoms with Crippen LogP contribution in [-0.4, -0.2) is 33.1 Å². The van der Waals surface area contributed by atoms with Crippen molar-refractivity contribution >= 4 is 61.6 Å². The van der Waals surface area contributed by atoms with E-state index in [1.54, 1.807) is 48.5 Å². The van der Waals surface area contributed by atoms with Crippen LogP contribution in [0.3, 0.4) is 0 Å². The molecule has 1 atom stereocenters. The Morgan fingerprint density at radius 3 is 2.81 bits per heavy atom. The molecule has 180 valence electrons. The van der Waals surface area contributed by atoms with Crippen LogP contribution in [-0.2, 0) is 4.79 Å². The number of carboxylic acids is 1. The fourth-order valence-corrected chi connectivity index (χ4v) is 4.16. The molecule has 2 heterocycles. The van der Waals surface area contributed by atoms with Gasteiger partial charge in [0, 0.05) is 20.4 Å². The van der Waals surface area contributed by atoms with Crippen LogP contribution in [0.5, 0.6) is 5.75 Å². The van der Waals surface area contributed by atoms with Crippen molar-refractivity contribution in [3.63, 3.8) is 0 Å². The molecule has 0 fully saturated rings. The van der Waals surface area contributed by atoms with Gasteiger partial charge in [-0.25, -0.2) is 9.78 Å². The Balaban J connectivity index is 1.68. The molecule has 5 aromatic rings. The molecule has 10 heteroatoms. The van der Waals surface area contributed by atoms with Crippen LogP contribution >= 0.6 is 27.5 Å². The van der Waals surface area contributed by atoms with Crippen LogP contribution in [0.15, 0.2) is 85.5 Å². The van der Waals surface area contributed by atoms with Gasteiger partial charge in [0.05, 0.1) is 17.1 Å². The molecule has 5 rings (SSSR count). The topological polar surface area (TPSA) is 107 Å². The maximum absolute atomic E-state index is 13.5. The molecule has 0 radical (unpaired) electrons. The molecule has 3 aromatic carbocycles. The number of furan rings is 1. The smallest absolute Gasteiger partial charge is 0.344 e. The molecule has 0 aliphatic carbocycles. The summed E-state index contributed by atoms with van der Waals surface area (Å²) in [5, 5.41) is 15.2. The van der Waals surface area contributed by atoms with Crippen molar-refractivity contribution in [3.8, 4) is 17.3 Å². The summed E-state index contributed by atoms with van der Waals surface area (Å²) in [4.78, 5) is 29.4.